The molecule has 0 atom stereocenters. The second-order valence-corrected chi connectivity index (χ2v) is 4.91. The Bertz CT molecular complexity index is 340. The van der Waals surface area contributed by atoms with Crippen LogP contribution in [0.15, 0.2) is 12.1 Å². The fraction of sp³-hybridized carbons (Fsp3) is 0.455. The van der Waals surface area contributed by atoms with Gasteiger partial charge in [-0.1, -0.05) is 38.4 Å². The van der Waals surface area contributed by atoms with Crippen molar-refractivity contribution in [3.8, 4) is 5.75 Å². The summed E-state index contributed by atoms with van der Waals surface area (Å²) in [6.07, 6.45) is 0. The molecule has 1 rings (SSSR count). The Hall–Kier alpha value is -0.850. The summed E-state index contributed by atoms with van der Waals surface area (Å²) in [6.45, 7) is 6.64. The van der Waals surface area contributed by atoms with E-state index in [0.29, 0.717) is 0 Å². The lowest BCUT2D eigenvalue weighted by Gasteiger charge is -2.24. The highest BCUT2D eigenvalue weighted by atomic mass is 16.5. The Morgan fingerprint density at radius 1 is 1.14 bits per heavy atom. The van der Waals surface area contributed by atoms with Crippen molar-refractivity contribution >= 4 is 26.6 Å². The predicted octanol–water partition coefficient (Wildman–Crippen LogP) is -0.491. The normalized spacial score (nSPS) is 11.4. The van der Waals surface area contributed by atoms with Crippen LogP contribution >= 0.6 is 0 Å². The summed E-state index contributed by atoms with van der Waals surface area (Å²) in [6, 6.07) is 4.37. The van der Waals surface area contributed by atoms with E-state index < -0.39 is 0 Å². The molecule has 1 nitrogen and oxygen atoms in total. The third-order valence-corrected chi connectivity index (χ3v) is 2.43. The molecule has 0 unspecified atom stereocenters. The van der Waals surface area contributed by atoms with Crippen molar-refractivity contribution in [2.75, 3.05) is 7.11 Å². The Kier molecular flexibility index (Phi) is 2.98. The second kappa shape index (κ2) is 3.72. The number of ether oxygens (including phenoxy) is 1. The van der Waals surface area contributed by atoms with Crippen molar-refractivity contribution in [1.82, 2.24) is 0 Å². The molecule has 14 heavy (non-hydrogen) atoms. The SMILES string of the molecule is Bc1cc(B)c(OC)c(C(C)(C)C)c1. The van der Waals surface area contributed by atoms with Crippen molar-refractivity contribution in [2.24, 2.45) is 0 Å². The molecule has 0 heterocycles. The predicted molar refractivity (Wildman–Crippen MR) is 68.1 cm³/mol. The molecule has 0 saturated heterocycles. The fourth-order valence-corrected chi connectivity index (χ4v) is 1.78. The summed E-state index contributed by atoms with van der Waals surface area (Å²) in [5.41, 5.74) is 3.95. The van der Waals surface area contributed by atoms with Crippen molar-refractivity contribution in [2.45, 2.75) is 26.2 Å². The van der Waals surface area contributed by atoms with Gasteiger partial charge in [0.05, 0.1) is 7.11 Å². The van der Waals surface area contributed by atoms with Gasteiger partial charge in [-0.15, -0.1) is 0 Å². The maximum absolute atomic E-state index is 5.46. The van der Waals surface area contributed by atoms with E-state index in [1.807, 2.05) is 0 Å². The molecule has 0 N–H and O–H groups in total. The Balaban J connectivity index is 3.40. The van der Waals surface area contributed by atoms with E-state index in [0.717, 1.165) is 5.75 Å². The molecule has 1 aromatic carbocycles. The zero-order valence-electron chi connectivity index (χ0n) is 10.1. The van der Waals surface area contributed by atoms with Crippen LogP contribution in [0.2, 0.25) is 0 Å². The quantitative estimate of drug-likeness (QED) is 0.540. The zero-order valence-corrected chi connectivity index (χ0v) is 10.1. The van der Waals surface area contributed by atoms with E-state index in [4.69, 9.17) is 4.74 Å². The summed E-state index contributed by atoms with van der Waals surface area (Å²) in [5, 5.41) is 0. The standard InChI is InChI=1S/C11H18B2O/c1-11(2,3)8-5-7(12)6-9(13)10(8)14-4/h5-6H,12-13H2,1-4H3. The monoisotopic (exact) mass is 188 g/mol. The van der Waals surface area contributed by atoms with E-state index in [1.54, 1.807) is 7.11 Å². The first-order valence-electron chi connectivity index (χ1n) is 5.02. The highest BCUT2D eigenvalue weighted by molar-refractivity contribution is 6.39. The number of benzene rings is 1. The first kappa shape index (κ1) is 11.2. The van der Waals surface area contributed by atoms with Crippen molar-refractivity contribution < 1.29 is 4.74 Å². The van der Waals surface area contributed by atoms with E-state index in [-0.39, 0.29) is 5.41 Å². The molecule has 3 heteroatoms. The van der Waals surface area contributed by atoms with Gasteiger partial charge in [0.1, 0.15) is 21.4 Å². The first-order valence-corrected chi connectivity index (χ1v) is 5.02. The van der Waals surface area contributed by atoms with Gasteiger partial charge in [-0.3, -0.25) is 0 Å². The van der Waals surface area contributed by atoms with Gasteiger partial charge in [0, 0.05) is 0 Å². The minimum Gasteiger partial charge on any atom is -0.497 e. The number of hydrogen-bond acceptors (Lipinski definition) is 1. The third kappa shape index (κ3) is 2.14. The van der Waals surface area contributed by atoms with Crippen LogP contribution in [0.25, 0.3) is 0 Å². The van der Waals surface area contributed by atoms with Crippen LogP contribution in [0.1, 0.15) is 26.3 Å². The minimum atomic E-state index is 0.141. The highest BCUT2D eigenvalue weighted by Crippen LogP contribution is 2.28. The van der Waals surface area contributed by atoms with Crippen molar-refractivity contribution in [3.05, 3.63) is 17.7 Å². The molecule has 0 saturated carbocycles. The van der Waals surface area contributed by atoms with Gasteiger partial charge < -0.3 is 4.74 Å². The molecule has 74 valence electrons. The molecular weight excluding hydrogens is 170 g/mol. The lowest BCUT2D eigenvalue weighted by atomic mass is 9.77. The van der Waals surface area contributed by atoms with E-state index in [1.165, 1.54) is 16.5 Å². The Morgan fingerprint density at radius 3 is 2.14 bits per heavy atom. The molecule has 0 bridgehead atoms. The fourth-order valence-electron chi connectivity index (χ4n) is 1.78. The lowest BCUT2D eigenvalue weighted by Crippen LogP contribution is -2.24. The molecule has 0 spiro atoms. The lowest BCUT2D eigenvalue weighted by molar-refractivity contribution is 0.401. The first-order chi connectivity index (χ1) is 6.36. The maximum atomic E-state index is 5.46. The van der Waals surface area contributed by atoms with Crippen LogP contribution in [0.4, 0.5) is 0 Å². The topological polar surface area (TPSA) is 9.23 Å². The van der Waals surface area contributed by atoms with Gasteiger partial charge in [0.25, 0.3) is 0 Å². The molecule has 0 amide bonds. The highest BCUT2D eigenvalue weighted by Gasteiger charge is 2.19. The maximum Gasteiger partial charge on any atom is 0.144 e. The van der Waals surface area contributed by atoms with Gasteiger partial charge in [-0.25, -0.2) is 0 Å². The Labute approximate surface area is 88.7 Å². The third-order valence-electron chi connectivity index (χ3n) is 2.43. The van der Waals surface area contributed by atoms with Crippen LogP contribution in [-0.4, -0.2) is 22.8 Å². The van der Waals surface area contributed by atoms with E-state index in [9.17, 15) is 0 Å². The van der Waals surface area contributed by atoms with Crippen molar-refractivity contribution in [3.63, 3.8) is 0 Å². The zero-order chi connectivity index (χ0) is 10.9. The number of hydrogen-bond donors (Lipinski definition) is 0. The molecule has 0 aliphatic rings. The summed E-state index contributed by atoms with van der Waals surface area (Å²) in [5.74, 6) is 1.03. The van der Waals surface area contributed by atoms with Crippen LogP contribution in [-0.2, 0) is 5.41 Å². The summed E-state index contributed by atoms with van der Waals surface area (Å²) >= 11 is 0. The van der Waals surface area contributed by atoms with E-state index >= 15 is 0 Å². The second-order valence-electron chi connectivity index (χ2n) is 4.91. The average Bonchev–Trinajstić information content (AvgIpc) is 2.01. The van der Waals surface area contributed by atoms with Crippen LogP contribution < -0.4 is 15.7 Å². The molecule has 0 aliphatic carbocycles. The summed E-state index contributed by atoms with van der Waals surface area (Å²) < 4.78 is 5.46. The number of methoxy groups -OCH3 is 1. The molecule has 1 aromatic rings. The Morgan fingerprint density at radius 2 is 1.71 bits per heavy atom. The van der Waals surface area contributed by atoms with Crippen LogP contribution in [0, 0.1) is 0 Å². The molecule has 0 fully saturated rings. The van der Waals surface area contributed by atoms with Crippen LogP contribution in [0.3, 0.4) is 0 Å². The van der Waals surface area contributed by atoms with Gasteiger partial charge >= 0.3 is 0 Å². The largest absolute Gasteiger partial charge is 0.497 e. The minimum absolute atomic E-state index is 0.141. The smallest absolute Gasteiger partial charge is 0.144 e. The van der Waals surface area contributed by atoms with Gasteiger partial charge in [-0.05, 0) is 16.4 Å². The molecule has 0 aliphatic heterocycles. The van der Waals surface area contributed by atoms with Crippen LogP contribution in [0.5, 0.6) is 5.75 Å². The average molecular weight is 188 g/mol. The van der Waals surface area contributed by atoms with Gasteiger partial charge in [0.15, 0.2) is 0 Å². The van der Waals surface area contributed by atoms with Gasteiger partial charge in [0.2, 0.25) is 0 Å². The summed E-state index contributed by atoms with van der Waals surface area (Å²) in [4.78, 5) is 0. The number of rotatable bonds is 1. The molecule has 0 radical (unpaired) electrons. The van der Waals surface area contributed by atoms with Gasteiger partial charge in [-0.2, -0.15) is 0 Å². The van der Waals surface area contributed by atoms with E-state index in [2.05, 4.69) is 48.6 Å². The molecular formula is C11H18B2O. The van der Waals surface area contributed by atoms with Crippen molar-refractivity contribution in [1.29, 1.82) is 0 Å². The molecule has 0 aromatic heterocycles. The summed E-state index contributed by atoms with van der Waals surface area (Å²) in [7, 11) is 5.97.